The average molecular weight is 271 g/mol. The number of alkyl halides is 1. The Morgan fingerprint density at radius 1 is 1.36 bits per heavy atom. The summed E-state index contributed by atoms with van der Waals surface area (Å²) in [5.41, 5.74) is -0.767. The van der Waals surface area contributed by atoms with Crippen LogP contribution in [0.5, 0.6) is 0 Å². The molecule has 0 aliphatic carbocycles. The molecule has 0 aliphatic heterocycles. The first-order valence-corrected chi connectivity index (χ1v) is 4.56. The molecule has 0 saturated heterocycles. The smallest absolute Gasteiger partial charge is 0.450 e. The lowest BCUT2D eigenvalue weighted by molar-refractivity contribution is 0.00198. The Morgan fingerprint density at radius 3 is 2.21 bits per heavy atom. The molecule has 2 N–H and O–H groups in total. The number of hydrogen-bond donors (Lipinski definition) is 2. The SMILES string of the molecule is CC(C)(COC(=O)O)C(Br)OC(=O)O. The number of carboxylic acid groups (broad SMARTS) is 2. The fourth-order valence-electron chi connectivity index (χ4n) is 0.561. The van der Waals surface area contributed by atoms with Gasteiger partial charge in [-0.3, -0.25) is 0 Å². The van der Waals surface area contributed by atoms with Crippen molar-refractivity contribution in [2.75, 3.05) is 6.61 Å². The van der Waals surface area contributed by atoms with Crippen LogP contribution in [-0.2, 0) is 9.47 Å². The van der Waals surface area contributed by atoms with Crippen molar-refractivity contribution in [2.45, 2.75) is 18.9 Å². The molecular weight excluding hydrogens is 260 g/mol. The van der Waals surface area contributed by atoms with E-state index in [0.717, 1.165) is 0 Å². The van der Waals surface area contributed by atoms with Crippen molar-refractivity contribution < 1.29 is 29.3 Å². The third kappa shape index (κ3) is 4.90. The number of ether oxygens (including phenoxy) is 2. The zero-order valence-electron chi connectivity index (χ0n) is 7.69. The Bertz CT molecular complexity index is 226. The standard InChI is InChI=1S/C7H11BrO6/c1-7(2,3-13-5(9)10)4(8)14-6(11)12/h4H,3H2,1-2H3,(H,9,10)(H,11,12). The molecule has 0 radical (unpaired) electrons. The molecule has 14 heavy (non-hydrogen) atoms. The maximum atomic E-state index is 10.2. The predicted octanol–water partition coefficient (Wildman–Crippen LogP) is 2.12. The van der Waals surface area contributed by atoms with Crippen LogP contribution >= 0.6 is 15.9 Å². The van der Waals surface area contributed by atoms with Crippen LogP contribution in [0.1, 0.15) is 13.8 Å². The van der Waals surface area contributed by atoms with Gasteiger partial charge in [0.2, 0.25) is 0 Å². The fourth-order valence-corrected chi connectivity index (χ4v) is 0.853. The largest absolute Gasteiger partial charge is 0.506 e. The highest BCUT2D eigenvalue weighted by Gasteiger charge is 2.32. The number of halogens is 1. The summed E-state index contributed by atoms with van der Waals surface area (Å²) in [6.45, 7) is 3.06. The third-order valence-electron chi connectivity index (χ3n) is 1.39. The van der Waals surface area contributed by atoms with Gasteiger partial charge in [0.15, 0.2) is 5.01 Å². The predicted molar refractivity (Wildman–Crippen MR) is 49.6 cm³/mol. The van der Waals surface area contributed by atoms with Gasteiger partial charge in [-0.05, 0) is 15.9 Å². The van der Waals surface area contributed by atoms with Crippen LogP contribution in [0.3, 0.4) is 0 Å². The zero-order chi connectivity index (χ0) is 11.4. The van der Waals surface area contributed by atoms with Gasteiger partial charge in [0.05, 0.1) is 0 Å². The summed E-state index contributed by atoms with van der Waals surface area (Å²) in [6, 6.07) is 0. The van der Waals surface area contributed by atoms with Gasteiger partial charge < -0.3 is 19.7 Å². The quantitative estimate of drug-likeness (QED) is 0.601. The van der Waals surface area contributed by atoms with E-state index in [1.165, 1.54) is 0 Å². The van der Waals surface area contributed by atoms with Crippen LogP contribution in [0.4, 0.5) is 9.59 Å². The second kappa shape index (κ2) is 5.04. The first-order chi connectivity index (χ1) is 6.25. The molecule has 0 aromatic rings. The Morgan fingerprint density at radius 2 is 1.86 bits per heavy atom. The van der Waals surface area contributed by atoms with Crippen LogP contribution < -0.4 is 0 Å². The van der Waals surface area contributed by atoms with E-state index in [0.29, 0.717) is 0 Å². The molecule has 0 amide bonds. The summed E-state index contributed by atoms with van der Waals surface area (Å²) in [5.74, 6) is 0. The number of rotatable bonds is 4. The maximum absolute atomic E-state index is 10.2. The lowest BCUT2D eigenvalue weighted by Crippen LogP contribution is -2.33. The van der Waals surface area contributed by atoms with Crippen molar-refractivity contribution in [3.05, 3.63) is 0 Å². The van der Waals surface area contributed by atoms with Crippen LogP contribution in [0.15, 0.2) is 0 Å². The molecule has 0 heterocycles. The molecule has 1 unspecified atom stereocenters. The Balaban J connectivity index is 4.15. The Labute approximate surface area is 88.9 Å². The van der Waals surface area contributed by atoms with Gasteiger partial charge in [0.1, 0.15) is 6.61 Å². The topological polar surface area (TPSA) is 93.1 Å². The highest BCUT2D eigenvalue weighted by Crippen LogP contribution is 2.28. The molecule has 6 nitrogen and oxygen atoms in total. The summed E-state index contributed by atoms with van der Waals surface area (Å²) >= 11 is 2.97. The van der Waals surface area contributed by atoms with Crippen LogP contribution in [0, 0.1) is 5.41 Å². The maximum Gasteiger partial charge on any atom is 0.506 e. The van der Waals surface area contributed by atoms with Gasteiger partial charge in [-0.15, -0.1) is 0 Å². The van der Waals surface area contributed by atoms with Crippen molar-refractivity contribution in [2.24, 2.45) is 5.41 Å². The molecule has 0 saturated carbocycles. The van der Waals surface area contributed by atoms with E-state index in [1.54, 1.807) is 13.8 Å². The van der Waals surface area contributed by atoms with Gasteiger partial charge >= 0.3 is 12.3 Å². The minimum absolute atomic E-state index is 0.161. The Hall–Kier alpha value is -0.980. The van der Waals surface area contributed by atoms with Crippen LogP contribution in [0.25, 0.3) is 0 Å². The van der Waals surface area contributed by atoms with Crippen molar-refractivity contribution in [3.63, 3.8) is 0 Å². The average Bonchev–Trinajstić information content (AvgIpc) is 1.99. The fraction of sp³-hybridized carbons (Fsp3) is 0.714. The third-order valence-corrected chi connectivity index (χ3v) is 2.81. The molecule has 0 rings (SSSR count). The first-order valence-electron chi connectivity index (χ1n) is 3.65. The summed E-state index contributed by atoms with van der Waals surface area (Å²) in [4.78, 5) is 20.3. The highest BCUT2D eigenvalue weighted by molar-refractivity contribution is 9.09. The van der Waals surface area contributed by atoms with Gasteiger partial charge in [-0.25, -0.2) is 9.59 Å². The number of hydrogen-bond acceptors (Lipinski definition) is 4. The molecule has 0 bridgehead atoms. The van der Waals surface area contributed by atoms with E-state index in [-0.39, 0.29) is 6.61 Å². The molecule has 0 spiro atoms. The molecule has 0 aliphatic rings. The second-order valence-electron chi connectivity index (χ2n) is 3.24. The first kappa shape index (κ1) is 13.0. The van der Waals surface area contributed by atoms with Crippen LogP contribution in [-0.4, -0.2) is 34.1 Å². The Kier molecular flexibility index (Phi) is 4.69. The van der Waals surface area contributed by atoms with Gasteiger partial charge in [-0.2, -0.15) is 0 Å². The molecule has 0 aromatic carbocycles. The van der Waals surface area contributed by atoms with E-state index in [9.17, 15) is 9.59 Å². The van der Waals surface area contributed by atoms with E-state index < -0.39 is 22.7 Å². The minimum Gasteiger partial charge on any atom is -0.450 e. The zero-order valence-corrected chi connectivity index (χ0v) is 9.28. The van der Waals surface area contributed by atoms with Crippen LogP contribution in [0.2, 0.25) is 0 Å². The van der Waals surface area contributed by atoms with E-state index in [1.807, 2.05) is 0 Å². The summed E-state index contributed by atoms with van der Waals surface area (Å²) in [6.07, 6.45) is -2.84. The van der Waals surface area contributed by atoms with E-state index in [4.69, 9.17) is 10.2 Å². The van der Waals surface area contributed by atoms with E-state index >= 15 is 0 Å². The van der Waals surface area contributed by atoms with Crippen molar-refractivity contribution in [3.8, 4) is 0 Å². The molecule has 0 aromatic heterocycles. The summed E-state index contributed by atoms with van der Waals surface area (Å²) < 4.78 is 8.73. The summed E-state index contributed by atoms with van der Waals surface area (Å²) in [7, 11) is 0. The summed E-state index contributed by atoms with van der Waals surface area (Å²) in [5, 5.41) is 15.7. The molecule has 82 valence electrons. The molecule has 0 fully saturated rings. The number of carbonyl (C=O) groups is 2. The molecular formula is C7H11BrO6. The second-order valence-corrected chi connectivity index (χ2v) is 4.07. The van der Waals surface area contributed by atoms with Crippen molar-refractivity contribution >= 4 is 28.2 Å². The monoisotopic (exact) mass is 270 g/mol. The minimum atomic E-state index is -1.43. The highest BCUT2D eigenvalue weighted by atomic mass is 79.9. The molecule has 1 atom stereocenters. The lowest BCUT2D eigenvalue weighted by atomic mass is 9.96. The van der Waals surface area contributed by atoms with Gasteiger partial charge in [-0.1, -0.05) is 13.8 Å². The van der Waals surface area contributed by atoms with Crippen molar-refractivity contribution in [1.82, 2.24) is 0 Å². The van der Waals surface area contributed by atoms with Crippen molar-refractivity contribution in [1.29, 1.82) is 0 Å². The van der Waals surface area contributed by atoms with Gasteiger partial charge in [0.25, 0.3) is 0 Å². The lowest BCUT2D eigenvalue weighted by Gasteiger charge is -2.27. The molecule has 7 heteroatoms. The van der Waals surface area contributed by atoms with Gasteiger partial charge in [0, 0.05) is 5.41 Å². The van der Waals surface area contributed by atoms with E-state index in [2.05, 4.69) is 25.4 Å². The normalized spacial score (nSPS) is 13.1.